The minimum absolute atomic E-state index is 0.172. The number of benzene rings is 1. The molecule has 0 aromatic heterocycles. The van der Waals surface area contributed by atoms with Crippen LogP contribution in [-0.2, 0) is 9.59 Å². The van der Waals surface area contributed by atoms with Gasteiger partial charge in [0.05, 0.1) is 12.4 Å². The highest BCUT2D eigenvalue weighted by Crippen LogP contribution is 2.20. The third kappa shape index (κ3) is 4.84. The third-order valence-corrected chi connectivity index (χ3v) is 3.07. The van der Waals surface area contributed by atoms with E-state index in [2.05, 4.69) is 5.32 Å². The van der Waals surface area contributed by atoms with Gasteiger partial charge in [0.15, 0.2) is 11.6 Å². The fourth-order valence-corrected chi connectivity index (χ4v) is 1.87. The van der Waals surface area contributed by atoms with Gasteiger partial charge in [-0.3, -0.25) is 4.79 Å². The predicted molar refractivity (Wildman–Crippen MR) is 63.7 cm³/mol. The van der Waals surface area contributed by atoms with Gasteiger partial charge >= 0.3 is 5.97 Å². The van der Waals surface area contributed by atoms with Crippen molar-refractivity contribution in [3.8, 4) is 0 Å². The summed E-state index contributed by atoms with van der Waals surface area (Å²) in [6.45, 7) is -0.725. The topological polar surface area (TPSA) is 86.6 Å². The van der Waals surface area contributed by atoms with Crippen LogP contribution in [0.4, 0.5) is 8.78 Å². The van der Waals surface area contributed by atoms with Crippen molar-refractivity contribution in [1.82, 2.24) is 5.32 Å². The molecule has 1 rings (SSSR count). The summed E-state index contributed by atoms with van der Waals surface area (Å²) >= 11 is 0.922. The van der Waals surface area contributed by atoms with Crippen LogP contribution in [-0.4, -0.2) is 40.5 Å². The maximum atomic E-state index is 12.9. The quantitative estimate of drug-likeness (QED) is 0.669. The van der Waals surface area contributed by atoms with Crippen LogP contribution in [0.1, 0.15) is 0 Å². The third-order valence-electron chi connectivity index (χ3n) is 2.08. The molecule has 8 heteroatoms. The molecule has 1 amide bonds. The number of halogens is 2. The van der Waals surface area contributed by atoms with Crippen molar-refractivity contribution in [2.75, 3.05) is 12.4 Å². The number of nitrogens with one attached hydrogen (secondary N) is 1. The molecule has 0 fully saturated rings. The lowest BCUT2D eigenvalue weighted by Gasteiger charge is -2.11. The molecule has 104 valence electrons. The Balaban J connectivity index is 2.49. The van der Waals surface area contributed by atoms with Crippen molar-refractivity contribution in [1.29, 1.82) is 0 Å². The Morgan fingerprint density at radius 2 is 2.00 bits per heavy atom. The van der Waals surface area contributed by atoms with Crippen LogP contribution in [0.15, 0.2) is 23.1 Å². The van der Waals surface area contributed by atoms with Crippen molar-refractivity contribution in [3.05, 3.63) is 29.8 Å². The Hall–Kier alpha value is -1.67. The van der Waals surface area contributed by atoms with E-state index in [4.69, 9.17) is 10.2 Å². The number of carboxylic acid groups (broad SMARTS) is 1. The molecule has 1 unspecified atom stereocenters. The van der Waals surface area contributed by atoms with Gasteiger partial charge in [0.1, 0.15) is 6.04 Å². The molecule has 0 radical (unpaired) electrons. The summed E-state index contributed by atoms with van der Waals surface area (Å²) in [6.07, 6.45) is 0. The first-order chi connectivity index (χ1) is 8.93. The highest BCUT2D eigenvalue weighted by molar-refractivity contribution is 8.00. The van der Waals surface area contributed by atoms with Gasteiger partial charge in [-0.2, -0.15) is 0 Å². The maximum absolute atomic E-state index is 12.9. The minimum atomic E-state index is -1.38. The first-order valence-electron chi connectivity index (χ1n) is 5.15. The predicted octanol–water partition coefficient (Wildman–Crippen LogP) is 0.619. The van der Waals surface area contributed by atoms with Crippen LogP contribution in [0.3, 0.4) is 0 Å². The second-order valence-corrected chi connectivity index (χ2v) is 4.55. The van der Waals surface area contributed by atoms with E-state index in [1.165, 1.54) is 6.07 Å². The normalized spacial score (nSPS) is 11.9. The largest absolute Gasteiger partial charge is 0.480 e. The van der Waals surface area contributed by atoms with Crippen LogP contribution in [0.5, 0.6) is 0 Å². The SMILES string of the molecule is O=C(CSc1ccc(F)c(F)c1)NC(CO)C(=O)O. The van der Waals surface area contributed by atoms with Gasteiger partial charge in [0.2, 0.25) is 5.91 Å². The Bertz CT molecular complexity index is 484. The number of aliphatic hydroxyl groups excluding tert-OH is 1. The lowest BCUT2D eigenvalue weighted by molar-refractivity contribution is -0.142. The molecule has 0 heterocycles. The highest BCUT2D eigenvalue weighted by Gasteiger charge is 2.18. The molecule has 1 atom stereocenters. The van der Waals surface area contributed by atoms with Crippen LogP contribution >= 0.6 is 11.8 Å². The number of carbonyl (C=O) groups is 2. The fourth-order valence-electron chi connectivity index (χ4n) is 1.14. The number of aliphatic hydroxyl groups is 1. The molecule has 0 aliphatic rings. The molecule has 0 spiro atoms. The van der Waals surface area contributed by atoms with E-state index in [0.717, 1.165) is 23.9 Å². The van der Waals surface area contributed by atoms with E-state index in [0.29, 0.717) is 4.90 Å². The fraction of sp³-hybridized carbons (Fsp3) is 0.273. The molecular weight excluding hydrogens is 280 g/mol. The molecular formula is C11H11F2NO4S. The molecule has 0 bridgehead atoms. The second-order valence-electron chi connectivity index (χ2n) is 3.51. The van der Waals surface area contributed by atoms with Crippen molar-refractivity contribution >= 4 is 23.6 Å². The van der Waals surface area contributed by atoms with E-state index in [9.17, 15) is 18.4 Å². The average Bonchev–Trinajstić information content (AvgIpc) is 2.37. The summed E-state index contributed by atoms with van der Waals surface area (Å²) in [5.74, 6) is -4.16. The standard InChI is InChI=1S/C11H11F2NO4S/c12-7-2-1-6(3-8(7)13)19-5-10(16)14-9(4-15)11(17)18/h1-3,9,15H,4-5H2,(H,14,16)(H,17,18). The lowest BCUT2D eigenvalue weighted by atomic mass is 10.3. The molecule has 0 saturated heterocycles. The number of carboxylic acids is 1. The van der Waals surface area contributed by atoms with Crippen molar-refractivity contribution in [3.63, 3.8) is 0 Å². The zero-order chi connectivity index (χ0) is 14.4. The van der Waals surface area contributed by atoms with Gasteiger partial charge in [0, 0.05) is 4.90 Å². The molecule has 0 aliphatic heterocycles. The second kappa shape index (κ2) is 7.05. The number of thioether (sulfide) groups is 1. The number of hydrogen-bond acceptors (Lipinski definition) is 4. The summed E-state index contributed by atoms with van der Waals surface area (Å²) in [7, 11) is 0. The van der Waals surface area contributed by atoms with Gasteiger partial charge in [-0.1, -0.05) is 0 Å². The summed E-state index contributed by atoms with van der Waals surface area (Å²) in [4.78, 5) is 22.3. The van der Waals surface area contributed by atoms with E-state index in [1.54, 1.807) is 0 Å². The number of amides is 1. The Kier molecular flexibility index (Phi) is 5.71. The first kappa shape index (κ1) is 15.4. The average molecular weight is 291 g/mol. The van der Waals surface area contributed by atoms with E-state index in [1.807, 2.05) is 0 Å². The lowest BCUT2D eigenvalue weighted by Crippen LogP contribution is -2.44. The first-order valence-corrected chi connectivity index (χ1v) is 6.13. The van der Waals surface area contributed by atoms with E-state index < -0.39 is 36.2 Å². The monoisotopic (exact) mass is 291 g/mol. The van der Waals surface area contributed by atoms with Gasteiger partial charge in [-0.25, -0.2) is 13.6 Å². The van der Waals surface area contributed by atoms with Gasteiger partial charge in [-0.15, -0.1) is 11.8 Å². The minimum Gasteiger partial charge on any atom is -0.480 e. The van der Waals surface area contributed by atoms with Gasteiger partial charge in [0.25, 0.3) is 0 Å². The number of aliphatic carboxylic acids is 1. The van der Waals surface area contributed by atoms with E-state index >= 15 is 0 Å². The highest BCUT2D eigenvalue weighted by atomic mass is 32.2. The number of carbonyl (C=O) groups excluding carboxylic acids is 1. The molecule has 3 N–H and O–H groups in total. The number of hydrogen-bond donors (Lipinski definition) is 3. The molecule has 5 nitrogen and oxygen atoms in total. The zero-order valence-electron chi connectivity index (χ0n) is 9.60. The van der Waals surface area contributed by atoms with E-state index in [-0.39, 0.29) is 5.75 Å². The summed E-state index contributed by atoms with van der Waals surface area (Å²) < 4.78 is 25.5. The maximum Gasteiger partial charge on any atom is 0.328 e. The Morgan fingerprint density at radius 1 is 1.32 bits per heavy atom. The molecule has 1 aromatic carbocycles. The number of rotatable bonds is 6. The van der Waals surface area contributed by atoms with Crippen LogP contribution in [0.2, 0.25) is 0 Å². The van der Waals surface area contributed by atoms with Gasteiger partial charge in [-0.05, 0) is 18.2 Å². The molecule has 1 aromatic rings. The molecule has 0 saturated carbocycles. The van der Waals surface area contributed by atoms with Crippen molar-refractivity contribution in [2.24, 2.45) is 0 Å². The zero-order valence-corrected chi connectivity index (χ0v) is 10.4. The van der Waals surface area contributed by atoms with Crippen LogP contribution < -0.4 is 5.32 Å². The van der Waals surface area contributed by atoms with Crippen LogP contribution in [0.25, 0.3) is 0 Å². The molecule has 0 aliphatic carbocycles. The molecule has 19 heavy (non-hydrogen) atoms. The van der Waals surface area contributed by atoms with Gasteiger partial charge < -0.3 is 15.5 Å². The summed E-state index contributed by atoms with van der Waals surface area (Å²) in [6, 6.07) is 1.80. The summed E-state index contributed by atoms with van der Waals surface area (Å²) in [5, 5.41) is 19.4. The van der Waals surface area contributed by atoms with Crippen LogP contribution in [0, 0.1) is 11.6 Å². The Morgan fingerprint density at radius 3 is 2.53 bits per heavy atom. The van der Waals surface area contributed by atoms with Crippen molar-refractivity contribution < 1.29 is 28.6 Å². The smallest absolute Gasteiger partial charge is 0.328 e. The summed E-state index contributed by atoms with van der Waals surface area (Å²) in [5.41, 5.74) is 0. The Labute approximate surface area is 111 Å². The van der Waals surface area contributed by atoms with Crippen molar-refractivity contribution in [2.45, 2.75) is 10.9 Å².